The third kappa shape index (κ3) is 2.92. The lowest BCUT2D eigenvalue weighted by atomic mass is 9.64. The van der Waals surface area contributed by atoms with Gasteiger partial charge in [0.05, 0.1) is 37.3 Å². The standard InChI is InChI=1S/C9H12N4O17/c14-1-6(2-15)5(18)8(27-10(19)20,28-11(21)22)9(29-12(23)24,30-13(25)26)7(6,3-16)4-17/h14-17H,1-4H2. The van der Waals surface area contributed by atoms with Gasteiger partial charge in [0, 0.05) is 0 Å². The molecule has 21 heteroatoms. The summed E-state index contributed by atoms with van der Waals surface area (Å²) in [5.41, 5.74) is -6.76. The second-order valence-electron chi connectivity index (χ2n) is 5.62. The van der Waals surface area contributed by atoms with Gasteiger partial charge in [-0.1, -0.05) is 0 Å². The minimum atomic E-state index is -4.56. The Morgan fingerprint density at radius 1 is 0.667 bits per heavy atom. The summed E-state index contributed by atoms with van der Waals surface area (Å²) in [5.74, 6) is -11.4. The number of hydrogen-bond donors (Lipinski definition) is 4. The molecule has 1 saturated carbocycles. The maximum Gasteiger partial charge on any atom is 0.375 e. The number of rotatable bonds is 12. The molecule has 0 heterocycles. The van der Waals surface area contributed by atoms with Gasteiger partial charge in [-0.05, 0) is 0 Å². The molecule has 1 aliphatic carbocycles. The number of aliphatic hydroxyl groups is 4. The molecule has 0 unspecified atom stereocenters. The lowest BCUT2D eigenvalue weighted by Gasteiger charge is -2.47. The number of carbonyl (C=O) groups is 1. The molecule has 0 radical (unpaired) electrons. The van der Waals surface area contributed by atoms with Crippen LogP contribution < -0.4 is 0 Å². The molecule has 30 heavy (non-hydrogen) atoms. The third-order valence-electron chi connectivity index (χ3n) is 4.60. The molecule has 0 aromatic rings. The Balaban J connectivity index is 4.32. The fraction of sp³-hybridized carbons (Fsp3) is 0.889. The van der Waals surface area contributed by atoms with Crippen molar-refractivity contribution >= 4 is 5.78 Å². The zero-order chi connectivity index (χ0) is 23.5. The molecule has 1 rings (SSSR count). The van der Waals surface area contributed by atoms with E-state index in [1.807, 2.05) is 0 Å². The zero-order valence-electron chi connectivity index (χ0n) is 14.2. The van der Waals surface area contributed by atoms with Crippen LogP contribution in [0.15, 0.2) is 0 Å². The molecule has 0 atom stereocenters. The first-order valence-electron chi connectivity index (χ1n) is 7.14. The second kappa shape index (κ2) is 7.97. The van der Waals surface area contributed by atoms with Crippen molar-refractivity contribution in [3.05, 3.63) is 40.5 Å². The van der Waals surface area contributed by atoms with Gasteiger partial charge in [-0.3, -0.25) is 24.1 Å². The summed E-state index contributed by atoms with van der Waals surface area (Å²) in [4.78, 5) is 72.3. The lowest BCUT2D eigenvalue weighted by molar-refractivity contribution is -0.935. The summed E-state index contributed by atoms with van der Waals surface area (Å²) in [5, 5.41) is 74.9. The van der Waals surface area contributed by atoms with E-state index in [1.165, 1.54) is 0 Å². The molecule has 21 nitrogen and oxygen atoms in total. The molecule has 0 aromatic carbocycles. The Hall–Kier alpha value is -3.69. The minimum absolute atomic E-state index is 1.78. The van der Waals surface area contributed by atoms with Gasteiger partial charge in [-0.25, -0.2) is 0 Å². The van der Waals surface area contributed by atoms with E-state index >= 15 is 0 Å². The molecule has 1 aliphatic rings. The molecule has 0 saturated heterocycles. The van der Waals surface area contributed by atoms with Crippen LogP contribution in [0.1, 0.15) is 0 Å². The lowest BCUT2D eigenvalue weighted by Crippen LogP contribution is -2.70. The van der Waals surface area contributed by atoms with Gasteiger partial charge >= 0.3 is 11.6 Å². The van der Waals surface area contributed by atoms with E-state index in [9.17, 15) is 65.7 Å². The van der Waals surface area contributed by atoms with Gasteiger partial charge in [-0.2, -0.15) is 0 Å². The maximum absolute atomic E-state index is 13.0. The van der Waals surface area contributed by atoms with Crippen LogP contribution in [0.25, 0.3) is 0 Å². The molecule has 170 valence electrons. The average Bonchev–Trinajstić information content (AvgIpc) is 2.74. The number of aliphatic hydroxyl groups excluding tert-OH is 4. The molecule has 0 bridgehead atoms. The van der Waals surface area contributed by atoms with Crippen molar-refractivity contribution < 1.29 is 64.9 Å². The maximum atomic E-state index is 13.0. The van der Waals surface area contributed by atoms with Crippen molar-refractivity contribution in [2.24, 2.45) is 10.8 Å². The Morgan fingerprint density at radius 3 is 1.23 bits per heavy atom. The van der Waals surface area contributed by atoms with Crippen LogP contribution in [0.5, 0.6) is 0 Å². The number of ketones is 1. The minimum Gasteiger partial charge on any atom is -0.395 e. The molecule has 0 spiro atoms. The molecular formula is C9H12N4O17. The molecule has 1 fully saturated rings. The predicted octanol–water partition coefficient (Wildman–Crippen LogP) is -4.26. The average molecular weight is 448 g/mol. The van der Waals surface area contributed by atoms with Gasteiger partial charge in [0.1, 0.15) is 0 Å². The molecule has 0 aliphatic heterocycles. The first-order valence-corrected chi connectivity index (χ1v) is 7.14. The summed E-state index contributed by atoms with van der Waals surface area (Å²) in [7, 11) is 0. The van der Waals surface area contributed by atoms with Gasteiger partial charge < -0.3 is 20.4 Å². The topological polar surface area (TPSA) is 307 Å². The van der Waals surface area contributed by atoms with E-state index in [0.29, 0.717) is 0 Å². The Labute approximate surface area is 161 Å². The van der Waals surface area contributed by atoms with E-state index in [1.54, 1.807) is 0 Å². The van der Waals surface area contributed by atoms with Crippen molar-refractivity contribution in [1.29, 1.82) is 0 Å². The first-order chi connectivity index (χ1) is 13.8. The summed E-state index contributed by atoms with van der Waals surface area (Å²) >= 11 is 0. The second-order valence-corrected chi connectivity index (χ2v) is 5.62. The molecular weight excluding hydrogens is 436 g/mol. The number of carbonyl (C=O) groups excluding carboxylic acids is 1. The van der Waals surface area contributed by atoms with E-state index < -0.39 is 75.0 Å². The quantitative estimate of drug-likeness (QED) is 0.125. The van der Waals surface area contributed by atoms with Gasteiger partial charge in [0.2, 0.25) is 5.78 Å². The normalized spacial score (nSPS) is 20.1. The highest BCUT2D eigenvalue weighted by molar-refractivity contribution is 5.97. The van der Waals surface area contributed by atoms with E-state index in [0.717, 1.165) is 0 Å². The predicted molar refractivity (Wildman–Crippen MR) is 76.0 cm³/mol. The molecule has 4 N–H and O–H groups in total. The monoisotopic (exact) mass is 448 g/mol. The number of nitrogens with zero attached hydrogens (tertiary/aromatic N) is 4. The van der Waals surface area contributed by atoms with Crippen LogP contribution in [0.3, 0.4) is 0 Å². The Kier molecular flexibility index (Phi) is 6.47. The summed E-state index contributed by atoms with van der Waals surface area (Å²) in [6.45, 7) is -7.36. The Morgan fingerprint density at radius 2 is 1.00 bits per heavy atom. The van der Waals surface area contributed by atoms with Crippen molar-refractivity contribution in [2.45, 2.75) is 11.6 Å². The van der Waals surface area contributed by atoms with Crippen molar-refractivity contribution in [3.8, 4) is 0 Å². The highest BCUT2D eigenvalue weighted by Crippen LogP contribution is 2.63. The van der Waals surface area contributed by atoms with Crippen LogP contribution >= 0.6 is 0 Å². The smallest absolute Gasteiger partial charge is 0.375 e. The first kappa shape index (κ1) is 24.3. The number of hydrogen-bond acceptors (Lipinski definition) is 17. The van der Waals surface area contributed by atoms with Crippen LogP contribution in [-0.4, -0.2) is 84.6 Å². The molecule has 0 aromatic heterocycles. The summed E-state index contributed by atoms with van der Waals surface area (Å²) < 4.78 is 0. The molecule has 0 amide bonds. The van der Waals surface area contributed by atoms with Gasteiger partial charge in [0.15, 0.2) is 0 Å². The van der Waals surface area contributed by atoms with Crippen molar-refractivity contribution in [1.82, 2.24) is 0 Å². The van der Waals surface area contributed by atoms with Gasteiger partial charge in [-0.15, -0.1) is 40.5 Å². The summed E-state index contributed by atoms with van der Waals surface area (Å²) in [6, 6.07) is 0. The van der Waals surface area contributed by atoms with Gasteiger partial charge in [0.25, 0.3) is 20.3 Å². The number of Topliss-reactive ketones (excluding diaryl/α,β-unsaturated/α-hetero) is 1. The summed E-state index contributed by atoms with van der Waals surface area (Å²) in [6.07, 6.45) is 0. The van der Waals surface area contributed by atoms with Crippen LogP contribution in [0, 0.1) is 51.3 Å². The van der Waals surface area contributed by atoms with Crippen LogP contribution in [0.4, 0.5) is 0 Å². The van der Waals surface area contributed by atoms with E-state index in [2.05, 4.69) is 19.4 Å². The van der Waals surface area contributed by atoms with E-state index in [4.69, 9.17) is 0 Å². The SMILES string of the molecule is O=C1C(CO)(CO)C(CO)(CO)C(O[N+](=O)[O-])(O[N+](=O)[O-])C1(O[N+](=O)[O-])O[N+](=O)[O-]. The zero-order valence-corrected chi connectivity index (χ0v) is 14.2. The highest BCUT2D eigenvalue weighted by atomic mass is 17.1. The van der Waals surface area contributed by atoms with Crippen LogP contribution in [-0.2, 0) is 24.1 Å². The fourth-order valence-corrected chi connectivity index (χ4v) is 3.32. The van der Waals surface area contributed by atoms with Crippen molar-refractivity contribution in [2.75, 3.05) is 26.4 Å². The Bertz CT molecular complexity index is 712. The largest absolute Gasteiger partial charge is 0.395 e. The third-order valence-corrected chi connectivity index (χ3v) is 4.60. The van der Waals surface area contributed by atoms with Crippen LogP contribution in [0.2, 0.25) is 0 Å². The van der Waals surface area contributed by atoms with Crippen molar-refractivity contribution in [3.63, 3.8) is 0 Å². The highest BCUT2D eigenvalue weighted by Gasteiger charge is 2.91. The fourth-order valence-electron chi connectivity index (χ4n) is 3.32. The van der Waals surface area contributed by atoms with E-state index in [-0.39, 0.29) is 0 Å².